The normalized spacial score (nSPS) is 17.9. The molecule has 5 nitrogen and oxygen atoms in total. The molecule has 0 atom stereocenters. The fraction of sp³-hybridized carbons (Fsp3) is 0.600. The van der Waals surface area contributed by atoms with Gasteiger partial charge < -0.3 is 15.1 Å². The van der Waals surface area contributed by atoms with Crippen molar-refractivity contribution in [1.29, 1.82) is 0 Å². The fourth-order valence-electron chi connectivity index (χ4n) is 1.77. The van der Waals surface area contributed by atoms with Crippen LogP contribution in [0.5, 0.6) is 0 Å². The third-order valence-electron chi connectivity index (χ3n) is 2.76. The molecule has 1 aromatic rings. The van der Waals surface area contributed by atoms with Crippen LogP contribution in [0.4, 0.5) is 11.5 Å². The first-order valence-corrected chi connectivity index (χ1v) is 5.22. The van der Waals surface area contributed by atoms with E-state index in [2.05, 4.69) is 32.1 Å². The zero-order valence-electron chi connectivity index (χ0n) is 9.27. The van der Waals surface area contributed by atoms with Crippen LogP contribution < -0.4 is 10.2 Å². The van der Waals surface area contributed by atoms with E-state index in [9.17, 15) is 0 Å². The van der Waals surface area contributed by atoms with Gasteiger partial charge in [0, 0.05) is 33.2 Å². The first kappa shape index (κ1) is 10.2. The molecule has 1 aliphatic heterocycles. The van der Waals surface area contributed by atoms with Gasteiger partial charge in [0.2, 0.25) is 0 Å². The molecule has 1 aliphatic rings. The highest BCUT2D eigenvalue weighted by molar-refractivity contribution is 5.64. The molecule has 1 fully saturated rings. The van der Waals surface area contributed by atoms with Gasteiger partial charge in [-0.3, -0.25) is 0 Å². The van der Waals surface area contributed by atoms with Crippen LogP contribution in [0.2, 0.25) is 0 Å². The summed E-state index contributed by atoms with van der Waals surface area (Å²) in [5.41, 5.74) is 1.00. The number of piperazine rings is 1. The van der Waals surface area contributed by atoms with Crippen LogP contribution in [0.25, 0.3) is 0 Å². The Morgan fingerprint density at radius 3 is 2.67 bits per heavy atom. The summed E-state index contributed by atoms with van der Waals surface area (Å²) < 4.78 is 0. The molecular weight excluding hydrogens is 190 g/mol. The molecule has 0 spiro atoms. The third kappa shape index (κ3) is 2.18. The van der Waals surface area contributed by atoms with E-state index >= 15 is 0 Å². The van der Waals surface area contributed by atoms with E-state index in [0.717, 1.165) is 37.7 Å². The molecule has 2 heterocycles. The Balaban J connectivity index is 2.15. The van der Waals surface area contributed by atoms with Crippen molar-refractivity contribution >= 4 is 11.5 Å². The molecule has 1 N–H and O–H groups in total. The molecule has 5 heteroatoms. The number of anilines is 2. The molecule has 82 valence electrons. The summed E-state index contributed by atoms with van der Waals surface area (Å²) in [6.45, 7) is 4.24. The van der Waals surface area contributed by atoms with Crippen LogP contribution in [-0.4, -0.2) is 55.1 Å². The van der Waals surface area contributed by atoms with Crippen molar-refractivity contribution in [3.8, 4) is 0 Å². The van der Waals surface area contributed by atoms with Gasteiger partial charge in [-0.1, -0.05) is 0 Å². The van der Waals surface area contributed by atoms with E-state index < -0.39 is 0 Å². The summed E-state index contributed by atoms with van der Waals surface area (Å²) in [5.74, 6) is 1.01. The topological polar surface area (TPSA) is 44.3 Å². The minimum atomic E-state index is 1.00. The van der Waals surface area contributed by atoms with E-state index in [1.165, 1.54) is 0 Å². The van der Waals surface area contributed by atoms with E-state index in [4.69, 9.17) is 0 Å². The Labute approximate surface area is 90.1 Å². The van der Waals surface area contributed by atoms with E-state index in [0.29, 0.717) is 0 Å². The Kier molecular flexibility index (Phi) is 3.01. The number of hydrogen-bond donors (Lipinski definition) is 1. The maximum absolute atomic E-state index is 4.33. The Hall–Kier alpha value is -1.36. The number of likely N-dealkylation sites (N-methyl/N-ethyl adjacent to an activating group) is 1. The van der Waals surface area contributed by atoms with Gasteiger partial charge in [0.05, 0.1) is 11.9 Å². The lowest BCUT2D eigenvalue weighted by molar-refractivity contribution is 0.312. The third-order valence-corrected chi connectivity index (χ3v) is 2.76. The zero-order valence-corrected chi connectivity index (χ0v) is 9.27. The lowest BCUT2D eigenvalue weighted by atomic mass is 10.3. The number of hydrogen-bond acceptors (Lipinski definition) is 5. The van der Waals surface area contributed by atoms with Crippen LogP contribution in [0, 0.1) is 0 Å². The van der Waals surface area contributed by atoms with Gasteiger partial charge in [-0.25, -0.2) is 9.97 Å². The molecule has 1 saturated heterocycles. The van der Waals surface area contributed by atoms with Gasteiger partial charge in [-0.15, -0.1) is 0 Å². The summed E-state index contributed by atoms with van der Waals surface area (Å²) >= 11 is 0. The molecule has 0 unspecified atom stereocenters. The summed E-state index contributed by atoms with van der Waals surface area (Å²) in [6.07, 6.45) is 3.43. The van der Waals surface area contributed by atoms with Gasteiger partial charge in [-0.2, -0.15) is 0 Å². The largest absolute Gasteiger partial charge is 0.384 e. The standard InChI is InChI=1S/C10H17N5/c1-11-9-7-12-8-13-10(9)15-5-3-14(2)4-6-15/h7-8,11H,3-6H2,1-2H3. The van der Waals surface area contributed by atoms with Crippen molar-refractivity contribution < 1.29 is 0 Å². The highest BCUT2D eigenvalue weighted by atomic mass is 15.3. The second-order valence-corrected chi connectivity index (χ2v) is 3.80. The Morgan fingerprint density at radius 1 is 1.27 bits per heavy atom. The van der Waals surface area contributed by atoms with Crippen LogP contribution in [0.1, 0.15) is 0 Å². The number of nitrogens with one attached hydrogen (secondary N) is 1. The second kappa shape index (κ2) is 4.44. The Bertz CT molecular complexity index is 319. The zero-order chi connectivity index (χ0) is 10.7. The summed E-state index contributed by atoms with van der Waals surface area (Å²) in [5, 5.41) is 3.12. The highest BCUT2D eigenvalue weighted by Gasteiger charge is 2.17. The van der Waals surface area contributed by atoms with Crippen LogP contribution in [0.15, 0.2) is 12.5 Å². The van der Waals surface area contributed by atoms with Crippen molar-refractivity contribution in [3.05, 3.63) is 12.5 Å². The minimum Gasteiger partial charge on any atom is -0.384 e. The molecule has 2 rings (SSSR count). The molecule has 0 saturated carbocycles. The first-order valence-electron chi connectivity index (χ1n) is 5.22. The van der Waals surface area contributed by atoms with E-state index in [1.54, 1.807) is 6.33 Å². The monoisotopic (exact) mass is 207 g/mol. The summed E-state index contributed by atoms with van der Waals surface area (Å²) in [6, 6.07) is 0. The maximum atomic E-state index is 4.33. The molecular formula is C10H17N5. The number of nitrogens with zero attached hydrogens (tertiary/aromatic N) is 4. The number of rotatable bonds is 2. The van der Waals surface area contributed by atoms with Gasteiger partial charge in [0.25, 0.3) is 0 Å². The quantitative estimate of drug-likeness (QED) is 0.754. The van der Waals surface area contributed by atoms with Crippen molar-refractivity contribution in [2.24, 2.45) is 0 Å². The maximum Gasteiger partial charge on any atom is 0.155 e. The van der Waals surface area contributed by atoms with Crippen LogP contribution in [0.3, 0.4) is 0 Å². The summed E-state index contributed by atoms with van der Waals surface area (Å²) in [7, 11) is 4.05. The molecule has 0 aromatic carbocycles. The predicted octanol–water partition coefficient (Wildman–Crippen LogP) is 0.270. The average molecular weight is 207 g/mol. The van der Waals surface area contributed by atoms with E-state index in [-0.39, 0.29) is 0 Å². The van der Waals surface area contributed by atoms with Gasteiger partial charge in [-0.05, 0) is 7.05 Å². The van der Waals surface area contributed by atoms with Crippen molar-refractivity contribution in [1.82, 2.24) is 14.9 Å². The Morgan fingerprint density at radius 2 is 2.00 bits per heavy atom. The molecule has 0 radical (unpaired) electrons. The smallest absolute Gasteiger partial charge is 0.155 e. The minimum absolute atomic E-state index is 1.00. The lowest BCUT2D eigenvalue weighted by Crippen LogP contribution is -2.45. The predicted molar refractivity (Wildman–Crippen MR) is 61.3 cm³/mol. The molecule has 0 amide bonds. The number of aromatic nitrogens is 2. The fourth-order valence-corrected chi connectivity index (χ4v) is 1.77. The second-order valence-electron chi connectivity index (χ2n) is 3.80. The van der Waals surface area contributed by atoms with Crippen molar-refractivity contribution in [3.63, 3.8) is 0 Å². The average Bonchev–Trinajstić information content (AvgIpc) is 2.30. The molecule has 15 heavy (non-hydrogen) atoms. The van der Waals surface area contributed by atoms with E-state index in [1.807, 2.05) is 13.2 Å². The first-order chi connectivity index (χ1) is 7.31. The molecule has 1 aromatic heterocycles. The van der Waals surface area contributed by atoms with Crippen molar-refractivity contribution in [2.75, 3.05) is 50.5 Å². The lowest BCUT2D eigenvalue weighted by Gasteiger charge is -2.33. The highest BCUT2D eigenvalue weighted by Crippen LogP contribution is 2.21. The SMILES string of the molecule is CNc1cncnc1N1CCN(C)CC1. The van der Waals surface area contributed by atoms with Crippen LogP contribution in [-0.2, 0) is 0 Å². The summed E-state index contributed by atoms with van der Waals surface area (Å²) in [4.78, 5) is 13.0. The van der Waals surface area contributed by atoms with Crippen molar-refractivity contribution in [2.45, 2.75) is 0 Å². The van der Waals surface area contributed by atoms with Gasteiger partial charge in [0.15, 0.2) is 5.82 Å². The van der Waals surface area contributed by atoms with Gasteiger partial charge in [0.1, 0.15) is 6.33 Å². The molecule has 0 aliphatic carbocycles. The van der Waals surface area contributed by atoms with Crippen LogP contribution >= 0.6 is 0 Å². The molecule has 0 bridgehead atoms. The van der Waals surface area contributed by atoms with Gasteiger partial charge >= 0.3 is 0 Å².